The van der Waals surface area contributed by atoms with Gasteiger partial charge < -0.3 is 9.47 Å². The van der Waals surface area contributed by atoms with Gasteiger partial charge in [-0.15, -0.1) is 0 Å². The fourth-order valence-corrected chi connectivity index (χ4v) is 1.98. The van der Waals surface area contributed by atoms with Crippen LogP contribution in [0.1, 0.15) is 18.1 Å². The van der Waals surface area contributed by atoms with Gasteiger partial charge in [-0.25, -0.2) is 4.79 Å². The lowest BCUT2D eigenvalue weighted by Gasteiger charge is -2.18. The van der Waals surface area contributed by atoms with Gasteiger partial charge in [-0.05, 0) is 18.1 Å². The highest BCUT2D eigenvalue weighted by Gasteiger charge is 2.33. The summed E-state index contributed by atoms with van der Waals surface area (Å²) < 4.78 is 48.3. The molecule has 6 heteroatoms. The first-order valence-corrected chi connectivity index (χ1v) is 6.28. The summed E-state index contributed by atoms with van der Waals surface area (Å²) in [6.45, 7) is 1.69. The highest BCUT2D eigenvalue weighted by molar-refractivity contribution is 5.82. The summed E-state index contributed by atoms with van der Waals surface area (Å²) in [6.07, 6.45) is -3.16. The third-order valence-electron chi connectivity index (χ3n) is 3.03. The Morgan fingerprint density at radius 2 is 1.86 bits per heavy atom. The average Bonchev–Trinajstić information content (AvgIpc) is 2.43. The Kier molecular flexibility index (Phi) is 5.81. The minimum Gasteiger partial charge on any atom is -0.501 e. The molecular formula is C15H17F3O3. The van der Waals surface area contributed by atoms with E-state index in [0.717, 1.165) is 12.1 Å². The first kappa shape index (κ1) is 17.1. The maximum Gasteiger partial charge on any atom is 0.416 e. The first-order valence-electron chi connectivity index (χ1n) is 6.28. The number of halogens is 3. The summed E-state index contributed by atoms with van der Waals surface area (Å²) >= 11 is 0. The van der Waals surface area contributed by atoms with Gasteiger partial charge in [0.05, 0.1) is 25.9 Å². The topological polar surface area (TPSA) is 35.5 Å². The van der Waals surface area contributed by atoms with Crippen LogP contribution in [0, 0.1) is 5.92 Å². The van der Waals surface area contributed by atoms with Gasteiger partial charge in [0.1, 0.15) is 5.76 Å². The van der Waals surface area contributed by atoms with Crippen LogP contribution in [-0.4, -0.2) is 20.2 Å². The van der Waals surface area contributed by atoms with Gasteiger partial charge in [-0.1, -0.05) is 25.1 Å². The van der Waals surface area contributed by atoms with Crippen molar-refractivity contribution in [1.29, 1.82) is 0 Å². The van der Waals surface area contributed by atoms with Crippen LogP contribution in [0.5, 0.6) is 0 Å². The van der Waals surface area contributed by atoms with Crippen molar-refractivity contribution in [2.24, 2.45) is 5.92 Å². The molecule has 0 heterocycles. The van der Waals surface area contributed by atoms with Crippen LogP contribution in [0.2, 0.25) is 0 Å². The quantitative estimate of drug-likeness (QED) is 0.474. The van der Waals surface area contributed by atoms with E-state index < -0.39 is 23.6 Å². The highest BCUT2D eigenvalue weighted by Crippen LogP contribution is 2.33. The van der Waals surface area contributed by atoms with Gasteiger partial charge >= 0.3 is 12.1 Å². The van der Waals surface area contributed by atoms with Gasteiger partial charge in [0, 0.05) is 5.92 Å². The van der Waals surface area contributed by atoms with Gasteiger partial charge in [0.2, 0.25) is 0 Å². The van der Waals surface area contributed by atoms with Crippen LogP contribution in [0.15, 0.2) is 36.1 Å². The number of esters is 1. The second-order valence-electron chi connectivity index (χ2n) is 4.53. The highest BCUT2D eigenvalue weighted by atomic mass is 19.4. The zero-order valence-electron chi connectivity index (χ0n) is 12.0. The molecule has 0 aromatic heterocycles. The second kappa shape index (κ2) is 7.15. The fourth-order valence-electron chi connectivity index (χ4n) is 1.98. The normalized spacial score (nSPS) is 13.7. The maximum absolute atomic E-state index is 12.9. The van der Waals surface area contributed by atoms with Crippen LogP contribution in [-0.2, 0) is 26.9 Å². The number of carbonyl (C=O) groups excluding carboxylic acids is 1. The van der Waals surface area contributed by atoms with Gasteiger partial charge in [0.15, 0.2) is 0 Å². The molecule has 3 nitrogen and oxygen atoms in total. The number of carbonyl (C=O) groups is 1. The largest absolute Gasteiger partial charge is 0.501 e. The molecular weight excluding hydrogens is 285 g/mol. The number of methoxy groups -OCH3 is 2. The predicted molar refractivity (Wildman–Crippen MR) is 71.4 cm³/mol. The Bertz CT molecular complexity index is 521. The number of benzene rings is 1. The van der Waals surface area contributed by atoms with E-state index in [-0.39, 0.29) is 17.7 Å². The maximum atomic E-state index is 12.9. The SMILES string of the molecule is COC(=O)/C=C(/OC)C(C)Cc1ccccc1C(F)(F)F. The van der Waals surface area contributed by atoms with E-state index in [1.165, 1.54) is 26.4 Å². The standard InChI is InChI=1S/C15H17F3O3/c1-10(13(20-2)9-14(19)21-3)8-11-6-4-5-7-12(11)15(16,17)18/h4-7,9-10H,8H2,1-3H3/b13-9+. The molecule has 0 aliphatic carbocycles. The third-order valence-corrected chi connectivity index (χ3v) is 3.03. The monoisotopic (exact) mass is 302 g/mol. The molecule has 0 spiro atoms. The summed E-state index contributed by atoms with van der Waals surface area (Å²) in [5.41, 5.74) is -0.518. The van der Waals surface area contributed by atoms with Crippen LogP contribution >= 0.6 is 0 Å². The predicted octanol–water partition coefficient (Wildman–Crippen LogP) is 3.59. The van der Waals surface area contributed by atoms with Crippen molar-refractivity contribution in [2.45, 2.75) is 19.5 Å². The van der Waals surface area contributed by atoms with E-state index >= 15 is 0 Å². The van der Waals surface area contributed by atoms with E-state index in [4.69, 9.17) is 4.74 Å². The van der Waals surface area contributed by atoms with Crippen molar-refractivity contribution < 1.29 is 27.4 Å². The Morgan fingerprint density at radius 3 is 2.38 bits per heavy atom. The molecule has 0 radical (unpaired) electrons. The zero-order valence-corrected chi connectivity index (χ0v) is 12.0. The Labute approximate surface area is 121 Å². The van der Waals surface area contributed by atoms with Crippen LogP contribution in [0.25, 0.3) is 0 Å². The van der Waals surface area contributed by atoms with Crippen molar-refractivity contribution in [2.75, 3.05) is 14.2 Å². The lowest BCUT2D eigenvalue weighted by Crippen LogP contribution is -2.14. The van der Waals surface area contributed by atoms with E-state index in [2.05, 4.69) is 4.74 Å². The number of alkyl halides is 3. The molecule has 0 amide bonds. The molecule has 0 saturated heterocycles. The second-order valence-corrected chi connectivity index (χ2v) is 4.53. The van der Waals surface area contributed by atoms with Gasteiger partial charge in [-0.2, -0.15) is 13.2 Å². The molecule has 0 saturated carbocycles. The summed E-state index contributed by atoms with van der Waals surface area (Å²) in [4.78, 5) is 11.2. The van der Waals surface area contributed by atoms with Crippen LogP contribution < -0.4 is 0 Å². The third kappa shape index (κ3) is 4.81. The summed E-state index contributed by atoms with van der Waals surface area (Å²) in [5.74, 6) is -0.723. The lowest BCUT2D eigenvalue weighted by atomic mass is 9.95. The molecule has 1 atom stereocenters. The number of hydrogen-bond donors (Lipinski definition) is 0. The van der Waals surface area contributed by atoms with Crippen LogP contribution in [0.4, 0.5) is 13.2 Å². The molecule has 0 fully saturated rings. The van der Waals surface area contributed by atoms with Crippen molar-refractivity contribution in [1.82, 2.24) is 0 Å². The average molecular weight is 302 g/mol. The van der Waals surface area contributed by atoms with E-state index in [1.807, 2.05) is 0 Å². The molecule has 1 unspecified atom stereocenters. The molecule has 21 heavy (non-hydrogen) atoms. The summed E-state index contributed by atoms with van der Waals surface area (Å²) in [5, 5.41) is 0. The summed E-state index contributed by atoms with van der Waals surface area (Å²) in [6, 6.07) is 5.36. The van der Waals surface area contributed by atoms with Crippen molar-refractivity contribution in [3.05, 3.63) is 47.2 Å². The van der Waals surface area contributed by atoms with Gasteiger partial charge in [-0.3, -0.25) is 0 Å². The smallest absolute Gasteiger partial charge is 0.416 e. The lowest BCUT2D eigenvalue weighted by molar-refractivity contribution is -0.138. The molecule has 116 valence electrons. The molecule has 0 bridgehead atoms. The molecule has 0 N–H and O–H groups in total. The molecule has 1 rings (SSSR count). The molecule has 0 aliphatic heterocycles. The fraction of sp³-hybridized carbons (Fsp3) is 0.400. The molecule has 1 aromatic carbocycles. The molecule has 0 aliphatic rings. The van der Waals surface area contributed by atoms with Crippen molar-refractivity contribution in [3.8, 4) is 0 Å². The number of allylic oxidation sites excluding steroid dienone is 1. The van der Waals surface area contributed by atoms with E-state index in [0.29, 0.717) is 0 Å². The van der Waals surface area contributed by atoms with Crippen LogP contribution in [0.3, 0.4) is 0 Å². The number of ether oxygens (including phenoxy) is 2. The number of hydrogen-bond acceptors (Lipinski definition) is 3. The van der Waals surface area contributed by atoms with Crippen molar-refractivity contribution in [3.63, 3.8) is 0 Å². The minimum atomic E-state index is -4.41. The summed E-state index contributed by atoms with van der Waals surface area (Å²) in [7, 11) is 2.58. The minimum absolute atomic E-state index is 0.104. The Morgan fingerprint density at radius 1 is 1.24 bits per heavy atom. The van der Waals surface area contributed by atoms with Gasteiger partial charge in [0.25, 0.3) is 0 Å². The van der Waals surface area contributed by atoms with E-state index in [9.17, 15) is 18.0 Å². The van der Waals surface area contributed by atoms with Crippen molar-refractivity contribution >= 4 is 5.97 Å². The molecule has 1 aromatic rings. The Hall–Kier alpha value is -1.98. The zero-order chi connectivity index (χ0) is 16.0. The number of rotatable bonds is 5. The first-order chi connectivity index (χ1) is 9.79. The van der Waals surface area contributed by atoms with E-state index in [1.54, 1.807) is 13.0 Å². The Balaban J connectivity index is 3.00.